The van der Waals surface area contributed by atoms with Gasteiger partial charge >= 0.3 is 0 Å². The third-order valence-electron chi connectivity index (χ3n) is 2.83. The van der Waals surface area contributed by atoms with E-state index in [0.29, 0.717) is 12.1 Å². The van der Waals surface area contributed by atoms with Crippen LogP contribution < -0.4 is 5.32 Å². The lowest BCUT2D eigenvalue weighted by atomic mass is 9.91. The molecule has 0 aliphatic heterocycles. The van der Waals surface area contributed by atoms with Crippen LogP contribution in [0.5, 0.6) is 0 Å². The Morgan fingerprint density at radius 2 is 1.93 bits per heavy atom. The summed E-state index contributed by atoms with van der Waals surface area (Å²) in [5, 5.41) is 3.06. The van der Waals surface area contributed by atoms with Crippen molar-refractivity contribution < 1.29 is 4.79 Å². The van der Waals surface area contributed by atoms with Crippen LogP contribution in [-0.4, -0.2) is 24.7 Å². The van der Waals surface area contributed by atoms with Crippen LogP contribution in [0, 0.1) is 5.92 Å². The maximum atomic E-state index is 11.4. The quantitative estimate of drug-likeness (QED) is 0.687. The van der Waals surface area contributed by atoms with Crippen molar-refractivity contribution in [1.82, 2.24) is 5.32 Å². The third-order valence-corrected chi connectivity index (χ3v) is 2.83. The molecule has 3 nitrogen and oxygen atoms in total. The molecular formula is C11H20N2O. The van der Waals surface area contributed by atoms with Crippen LogP contribution in [0.1, 0.15) is 39.5 Å². The minimum absolute atomic E-state index is 0.0882. The molecule has 0 saturated heterocycles. The molecule has 0 spiro atoms. The molecule has 1 rings (SSSR count). The van der Waals surface area contributed by atoms with E-state index in [2.05, 4.69) is 17.0 Å². The van der Waals surface area contributed by atoms with E-state index < -0.39 is 0 Å². The van der Waals surface area contributed by atoms with Gasteiger partial charge in [0.05, 0.1) is 0 Å². The normalized spacial score (nSPS) is 27.4. The number of rotatable bonds is 3. The highest BCUT2D eigenvalue weighted by atomic mass is 16.1. The summed E-state index contributed by atoms with van der Waals surface area (Å²) < 4.78 is 0. The second-order valence-corrected chi connectivity index (χ2v) is 4.35. The van der Waals surface area contributed by atoms with E-state index in [0.717, 1.165) is 25.7 Å². The van der Waals surface area contributed by atoms with Crippen molar-refractivity contribution in [2.75, 3.05) is 0 Å². The molecule has 1 saturated carbocycles. The van der Waals surface area contributed by atoms with Crippen molar-refractivity contribution in [1.29, 1.82) is 0 Å². The largest absolute Gasteiger partial charge is 0.353 e. The first-order valence-corrected chi connectivity index (χ1v) is 5.39. The van der Waals surface area contributed by atoms with Gasteiger partial charge in [0.15, 0.2) is 0 Å². The summed E-state index contributed by atoms with van der Waals surface area (Å²) >= 11 is 0. The van der Waals surface area contributed by atoms with Gasteiger partial charge in [0, 0.05) is 18.0 Å². The van der Waals surface area contributed by atoms with Crippen molar-refractivity contribution >= 4 is 12.6 Å². The Bertz CT molecular complexity index is 205. The monoisotopic (exact) mass is 196 g/mol. The Labute approximate surface area is 86.0 Å². The van der Waals surface area contributed by atoms with Gasteiger partial charge in [0.2, 0.25) is 5.91 Å². The van der Waals surface area contributed by atoms with E-state index in [1.54, 1.807) is 0 Å². The third kappa shape index (κ3) is 3.13. The van der Waals surface area contributed by atoms with Gasteiger partial charge in [-0.3, -0.25) is 9.79 Å². The highest BCUT2D eigenvalue weighted by Gasteiger charge is 2.21. The number of hydrogen-bond donors (Lipinski definition) is 1. The van der Waals surface area contributed by atoms with Crippen LogP contribution in [0.15, 0.2) is 4.99 Å². The zero-order valence-electron chi connectivity index (χ0n) is 9.12. The smallest absolute Gasteiger partial charge is 0.222 e. The van der Waals surface area contributed by atoms with Crippen molar-refractivity contribution in [2.24, 2.45) is 10.9 Å². The Balaban J connectivity index is 2.28. The van der Waals surface area contributed by atoms with Crippen molar-refractivity contribution in [3.63, 3.8) is 0 Å². The fourth-order valence-electron chi connectivity index (χ4n) is 1.77. The molecular weight excluding hydrogens is 176 g/mol. The molecule has 0 bridgehead atoms. The summed E-state index contributed by atoms with van der Waals surface area (Å²) in [5.74, 6) is 0.255. The maximum absolute atomic E-state index is 11.4. The number of hydrogen-bond acceptors (Lipinski definition) is 2. The highest BCUT2D eigenvalue weighted by molar-refractivity contribution is 5.78. The lowest BCUT2D eigenvalue weighted by molar-refractivity contribution is -0.124. The van der Waals surface area contributed by atoms with Crippen LogP contribution in [0.25, 0.3) is 0 Å². The highest BCUT2D eigenvalue weighted by Crippen LogP contribution is 2.20. The van der Waals surface area contributed by atoms with Gasteiger partial charge in [-0.2, -0.15) is 0 Å². The second kappa shape index (κ2) is 5.13. The van der Waals surface area contributed by atoms with Gasteiger partial charge < -0.3 is 5.32 Å². The van der Waals surface area contributed by atoms with Crippen LogP contribution in [0.3, 0.4) is 0 Å². The molecule has 0 aromatic rings. The maximum Gasteiger partial charge on any atom is 0.222 e. The number of aliphatic imine (C=N–C) groups is 1. The zero-order valence-corrected chi connectivity index (χ0v) is 9.12. The van der Waals surface area contributed by atoms with E-state index in [9.17, 15) is 4.79 Å². The second-order valence-electron chi connectivity index (χ2n) is 4.35. The van der Waals surface area contributed by atoms with Crippen LogP contribution in [-0.2, 0) is 4.79 Å². The first-order valence-electron chi connectivity index (χ1n) is 5.39. The number of nitrogens with one attached hydrogen (secondary N) is 1. The van der Waals surface area contributed by atoms with E-state index in [-0.39, 0.29) is 11.8 Å². The van der Waals surface area contributed by atoms with Gasteiger partial charge in [0.1, 0.15) is 0 Å². The minimum Gasteiger partial charge on any atom is -0.353 e. The molecule has 1 aliphatic rings. The van der Waals surface area contributed by atoms with Gasteiger partial charge in [-0.15, -0.1) is 0 Å². The lowest BCUT2D eigenvalue weighted by Gasteiger charge is -2.27. The number of amides is 1. The molecule has 3 heteroatoms. The molecule has 0 atom stereocenters. The average Bonchev–Trinajstić information content (AvgIpc) is 2.19. The molecule has 0 radical (unpaired) electrons. The van der Waals surface area contributed by atoms with E-state index in [1.165, 1.54) is 0 Å². The SMILES string of the molecule is C=NC1CCC(NC(=O)C(C)C)CC1. The van der Waals surface area contributed by atoms with Crippen molar-refractivity contribution in [3.8, 4) is 0 Å². The standard InChI is InChI=1S/C11H20N2O/c1-8(2)11(14)13-10-6-4-9(12-3)5-7-10/h8-10H,3-7H2,1-2H3,(H,13,14). The predicted octanol–water partition coefficient (Wildman–Crippen LogP) is 1.77. The summed E-state index contributed by atoms with van der Waals surface area (Å²) in [6.07, 6.45) is 4.21. The van der Waals surface area contributed by atoms with Crippen LogP contribution in [0.4, 0.5) is 0 Å². The van der Waals surface area contributed by atoms with Crippen LogP contribution >= 0.6 is 0 Å². The Morgan fingerprint density at radius 1 is 1.36 bits per heavy atom. The number of carbonyl (C=O) groups excluding carboxylic acids is 1. The fourth-order valence-corrected chi connectivity index (χ4v) is 1.77. The predicted molar refractivity (Wildman–Crippen MR) is 58.6 cm³/mol. The van der Waals surface area contributed by atoms with Gasteiger partial charge in [-0.25, -0.2) is 0 Å². The first kappa shape index (κ1) is 11.2. The van der Waals surface area contributed by atoms with Crippen molar-refractivity contribution in [3.05, 3.63) is 0 Å². The molecule has 80 valence electrons. The number of carbonyl (C=O) groups is 1. The van der Waals surface area contributed by atoms with Crippen LogP contribution in [0.2, 0.25) is 0 Å². The molecule has 1 fully saturated rings. The molecule has 0 aromatic heterocycles. The van der Waals surface area contributed by atoms with Gasteiger partial charge in [-0.1, -0.05) is 13.8 Å². The summed E-state index contributed by atoms with van der Waals surface area (Å²) in [6.45, 7) is 7.41. The molecule has 1 N–H and O–H groups in total. The minimum atomic E-state index is 0.0882. The molecule has 0 heterocycles. The van der Waals surface area contributed by atoms with E-state index >= 15 is 0 Å². The molecule has 14 heavy (non-hydrogen) atoms. The first-order chi connectivity index (χ1) is 6.63. The fraction of sp³-hybridized carbons (Fsp3) is 0.818. The topological polar surface area (TPSA) is 41.5 Å². The molecule has 0 aromatic carbocycles. The number of nitrogens with zero attached hydrogens (tertiary/aromatic N) is 1. The van der Waals surface area contributed by atoms with Gasteiger partial charge in [-0.05, 0) is 32.4 Å². The summed E-state index contributed by atoms with van der Waals surface area (Å²) in [6, 6.07) is 0.783. The Kier molecular flexibility index (Phi) is 4.11. The summed E-state index contributed by atoms with van der Waals surface area (Å²) in [4.78, 5) is 15.4. The summed E-state index contributed by atoms with van der Waals surface area (Å²) in [7, 11) is 0. The Morgan fingerprint density at radius 3 is 2.36 bits per heavy atom. The summed E-state index contributed by atoms with van der Waals surface area (Å²) in [5.41, 5.74) is 0. The van der Waals surface area contributed by atoms with E-state index in [4.69, 9.17) is 0 Å². The lowest BCUT2D eigenvalue weighted by Crippen LogP contribution is -2.40. The Hall–Kier alpha value is -0.860. The zero-order chi connectivity index (χ0) is 10.6. The van der Waals surface area contributed by atoms with Gasteiger partial charge in [0.25, 0.3) is 0 Å². The molecule has 1 aliphatic carbocycles. The van der Waals surface area contributed by atoms with E-state index in [1.807, 2.05) is 13.8 Å². The molecule has 1 amide bonds. The molecule has 0 unspecified atom stereocenters. The average molecular weight is 196 g/mol. The van der Waals surface area contributed by atoms with Crippen molar-refractivity contribution in [2.45, 2.75) is 51.6 Å².